The number of hydrogen-bond donors (Lipinski definition) is 0. The monoisotopic (exact) mass is 257 g/mol. The maximum atomic E-state index is 2.48. The average Bonchev–Trinajstić information content (AvgIpc) is 2.54. The van der Waals surface area contributed by atoms with Crippen LogP contribution in [0.25, 0.3) is 10.8 Å². The van der Waals surface area contributed by atoms with E-state index in [-0.39, 0.29) is 0 Å². The molecule has 1 aliphatic carbocycles. The first kappa shape index (κ1) is 11.7. The van der Waals surface area contributed by atoms with Crippen LogP contribution in [-0.4, -0.2) is 0 Å². The van der Waals surface area contributed by atoms with Gasteiger partial charge in [0.1, 0.15) is 0 Å². The number of hydrogen-bond acceptors (Lipinski definition) is 0. The minimum Gasteiger partial charge on any atom is -0.0620 e. The van der Waals surface area contributed by atoms with Crippen molar-refractivity contribution < 1.29 is 0 Å². The summed E-state index contributed by atoms with van der Waals surface area (Å²) in [5, 5.41) is 2.72. The van der Waals surface area contributed by atoms with Crippen LogP contribution in [0, 0.1) is 6.42 Å². The van der Waals surface area contributed by atoms with Crippen LogP contribution in [-0.2, 0) is 6.42 Å². The van der Waals surface area contributed by atoms with Crippen molar-refractivity contribution in [1.29, 1.82) is 0 Å². The van der Waals surface area contributed by atoms with Crippen LogP contribution in [0.15, 0.2) is 66.7 Å². The third-order valence-corrected chi connectivity index (χ3v) is 4.36. The summed E-state index contributed by atoms with van der Waals surface area (Å²) in [6.07, 6.45) is 4.83. The van der Waals surface area contributed by atoms with E-state index in [0.29, 0.717) is 5.92 Å². The second-order valence-corrected chi connectivity index (χ2v) is 5.52. The number of aryl methyl sites for hydroxylation is 1. The summed E-state index contributed by atoms with van der Waals surface area (Å²) in [7, 11) is 0. The van der Waals surface area contributed by atoms with Gasteiger partial charge in [-0.3, -0.25) is 0 Å². The molecule has 4 rings (SSSR count). The van der Waals surface area contributed by atoms with Gasteiger partial charge in [-0.2, -0.15) is 0 Å². The minimum atomic E-state index is 0.436. The Balaban J connectivity index is 1.93. The molecule has 0 aromatic heterocycles. The van der Waals surface area contributed by atoms with Gasteiger partial charge in [-0.1, -0.05) is 66.7 Å². The van der Waals surface area contributed by atoms with Crippen molar-refractivity contribution in [2.75, 3.05) is 0 Å². The van der Waals surface area contributed by atoms with Crippen LogP contribution in [0.5, 0.6) is 0 Å². The van der Waals surface area contributed by atoms with Crippen LogP contribution < -0.4 is 0 Å². The molecule has 0 saturated carbocycles. The molecular weight excluding hydrogens is 240 g/mol. The Hall–Kier alpha value is -2.08. The fourth-order valence-electron chi connectivity index (χ4n) is 3.41. The minimum absolute atomic E-state index is 0.436. The highest BCUT2D eigenvalue weighted by Crippen LogP contribution is 2.38. The van der Waals surface area contributed by atoms with E-state index < -0.39 is 0 Å². The zero-order chi connectivity index (χ0) is 13.4. The van der Waals surface area contributed by atoms with E-state index in [1.54, 1.807) is 0 Å². The van der Waals surface area contributed by atoms with Crippen LogP contribution >= 0.6 is 0 Å². The first-order valence-corrected chi connectivity index (χ1v) is 7.32. The van der Waals surface area contributed by atoms with Gasteiger partial charge in [-0.05, 0) is 46.7 Å². The Bertz CT molecular complexity index is 749. The van der Waals surface area contributed by atoms with Gasteiger partial charge in [-0.15, -0.1) is 0 Å². The summed E-state index contributed by atoms with van der Waals surface area (Å²) in [6.45, 7) is 0. The van der Waals surface area contributed by atoms with Gasteiger partial charge in [0.05, 0.1) is 0 Å². The zero-order valence-electron chi connectivity index (χ0n) is 11.4. The van der Waals surface area contributed by atoms with Gasteiger partial charge in [0.25, 0.3) is 0 Å². The molecule has 1 atom stereocenters. The van der Waals surface area contributed by atoms with E-state index in [2.05, 4.69) is 73.2 Å². The van der Waals surface area contributed by atoms with Gasteiger partial charge in [0.15, 0.2) is 0 Å². The van der Waals surface area contributed by atoms with Gasteiger partial charge in [0.2, 0.25) is 0 Å². The molecule has 1 unspecified atom stereocenters. The number of fused-ring (bicyclic) bond motifs is 2. The maximum absolute atomic E-state index is 2.48. The van der Waals surface area contributed by atoms with Gasteiger partial charge < -0.3 is 0 Å². The third kappa shape index (κ3) is 1.84. The van der Waals surface area contributed by atoms with E-state index in [1.165, 1.54) is 40.3 Å². The topological polar surface area (TPSA) is 0 Å². The van der Waals surface area contributed by atoms with Crippen molar-refractivity contribution in [3.63, 3.8) is 0 Å². The maximum Gasteiger partial charge on any atom is 0.0130 e. The summed E-state index contributed by atoms with van der Waals surface area (Å²) in [6, 6.07) is 24.3. The van der Waals surface area contributed by atoms with Crippen molar-refractivity contribution >= 4 is 10.8 Å². The molecule has 3 aromatic carbocycles. The molecular formula is C20H17. The second-order valence-electron chi connectivity index (χ2n) is 5.52. The first-order valence-electron chi connectivity index (χ1n) is 7.32. The molecule has 0 bridgehead atoms. The predicted molar refractivity (Wildman–Crippen MR) is 84.9 cm³/mol. The van der Waals surface area contributed by atoms with Crippen LogP contribution in [0.4, 0.5) is 0 Å². The summed E-state index contributed by atoms with van der Waals surface area (Å²) in [4.78, 5) is 0. The van der Waals surface area contributed by atoms with Crippen molar-refractivity contribution in [2.24, 2.45) is 0 Å². The molecule has 0 heterocycles. The zero-order valence-corrected chi connectivity index (χ0v) is 11.4. The molecule has 97 valence electrons. The Labute approximate surface area is 120 Å². The van der Waals surface area contributed by atoms with Crippen LogP contribution in [0.2, 0.25) is 0 Å². The average molecular weight is 257 g/mol. The standard InChI is InChI=1S/C20H17/c1-3-11-17-15(7-1)9-5-13-19(17)20-14-6-10-16-8-2-4-12-18(16)20/h1-5,7-9,11-14,20H,6,10H2. The molecule has 20 heavy (non-hydrogen) atoms. The van der Waals surface area contributed by atoms with Gasteiger partial charge in [-0.25, -0.2) is 0 Å². The van der Waals surface area contributed by atoms with Crippen molar-refractivity contribution in [3.8, 4) is 0 Å². The van der Waals surface area contributed by atoms with Crippen LogP contribution in [0.1, 0.15) is 29.0 Å². The SMILES string of the molecule is [CH]1CCc2ccccc2C1c1cccc2ccccc12. The predicted octanol–water partition coefficient (Wildman–Crippen LogP) is 5.12. The van der Waals surface area contributed by atoms with E-state index in [0.717, 1.165) is 0 Å². The lowest BCUT2D eigenvalue weighted by atomic mass is 9.77. The van der Waals surface area contributed by atoms with Crippen molar-refractivity contribution in [3.05, 3.63) is 89.8 Å². The van der Waals surface area contributed by atoms with Crippen molar-refractivity contribution in [1.82, 2.24) is 0 Å². The highest BCUT2D eigenvalue weighted by molar-refractivity contribution is 5.86. The summed E-state index contributed by atoms with van der Waals surface area (Å²) in [5.41, 5.74) is 4.43. The Morgan fingerprint density at radius 2 is 1.45 bits per heavy atom. The van der Waals surface area contributed by atoms with Crippen molar-refractivity contribution in [2.45, 2.75) is 18.8 Å². The summed E-state index contributed by atoms with van der Waals surface area (Å²) >= 11 is 0. The fourth-order valence-corrected chi connectivity index (χ4v) is 3.41. The van der Waals surface area contributed by atoms with Gasteiger partial charge >= 0.3 is 0 Å². The normalized spacial score (nSPS) is 17.9. The molecule has 0 N–H and O–H groups in total. The van der Waals surface area contributed by atoms with E-state index >= 15 is 0 Å². The lowest BCUT2D eigenvalue weighted by Gasteiger charge is -2.26. The summed E-state index contributed by atoms with van der Waals surface area (Å²) < 4.78 is 0. The molecule has 3 aromatic rings. The molecule has 1 aliphatic rings. The highest BCUT2D eigenvalue weighted by Gasteiger charge is 2.22. The molecule has 0 fully saturated rings. The lowest BCUT2D eigenvalue weighted by Crippen LogP contribution is -2.11. The summed E-state index contributed by atoms with van der Waals surface area (Å²) in [5.74, 6) is 0.436. The third-order valence-electron chi connectivity index (χ3n) is 4.36. The Morgan fingerprint density at radius 3 is 2.45 bits per heavy atom. The number of rotatable bonds is 1. The molecule has 0 aliphatic heterocycles. The Kier molecular flexibility index (Phi) is 2.81. The highest BCUT2D eigenvalue weighted by atomic mass is 14.3. The van der Waals surface area contributed by atoms with E-state index in [1.807, 2.05) is 0 Å². The molecule has 0 heteroatoms. The number of benzene rings is 3. The molecule has 0 nitrogen and oxygen atoms in total. The molecule has 1 radical (unpaired) electrons. The van der Waals surface area contributed by atoms with Crippen LogP contribution in [0.3, 0.4) is 0 Å². The lowest BCUT2D eigenvalue weighted by molar-refractivity contribution is 0.761. The van der Waals surface area contributed by atoms with E-state index in [9.17, 15) is 0 Å². The molecule has 0 amide bonds. The quantitative estimate of drug-likeness (QED) is 0.567. The van der Waals surface area contributed by atoms with E-state index in [4.69, 9.17) is 0 Å². The molecule has 0 saturated heterocycles. The Morgan fingerprint density at radius 1 is 0.700 bits per heavy atom. The van der Waals surface area contributed by atoms with Gasteiger partial charge in [0, 0.05) is 5.92 Å². The molecule has 0 spiro atoms. The second kappa shape index (κ2) is 4.79. The smallest absolute Gasteiger partial charge is 0.0130 e. The largest absolute Gasteiger partial charge is 0.0620 e. The fraction of sp³-hybridized carbons (Fsp3) is 0.150. The first-order chi connectivity index (χ1) is 9.93.